The van der Waals surface area contributed by atoms with E-state index in [1.165, 1.54) is 0 Å². The van der Waals surface area contributed by atoms with Crippen molar-refractivity contribution in [3.8, 4) is 23.0 Å². The standard InChI is InChI=1S/C22H26O4/c1-4-6-9-13-25-22-20(24-3)14-17(16-23)15-21(22)26-19-12-8-7-11-18(19)10-5-2/h5,7-8,11-12,14-16H,2,4,6,9-10,13H2,1,3H3. The van der Waals surface area contributed by atoms with Crippen molar-refractivity contribution in [2.24, 2.45) is 0 Å². The second-order valence-electron chi connectivity index (χ2n) is 5.93. The van der Waals surface area contributed by atoms with Crippen molar-refractivity contribution < 1.29 is 19.0 Å². The zero-order valence-corrected chi connectivity index (χ0v) is 15.5. The van der Waals surface area contributed by atoms with Crippen molar-refractivity contribution in [2.75, 3.05) is 13.7 Å². The number of hydrogen-bond acceptors (Lipinski definition) is 4. The largest absolute Gasteiger partial charge is 0.493 e. The smallest absolute Gasteiger partial charge is 0.204 e. The van der Waals surface area contributed by atoms with Crippen LogP contribution in [0.3, 0.4) is 0 Å². The van der Waals surface area contributed by atoms with E-state index in [9.17, 15) is 4.79 Å². The first-order valence-corrected chi connectivity index (χ1v) is 8.90. The number of ether oxygens (including phenoxy) is 3. The van der Waals surface area contributed by atoms with E-state index in [-0.39, 0.29) is 0 Å². The minimum atomic E-state index is 0.471. The fraction of sp³-hybridized carbons (Fsp3) is 0.318. The van der Waals surface area contributed by atoms with Crippen LogP contribution in [0.25, 0.3) is 0 Å². The molecule has 0 radical (unpaired) electrons. The molecule has 26 heavy (non-hydrogen) atoms. The lowest BCUT2D eigenvalue weighted by atomic mass is 10.1. The molecule has 0 saturated carbocycles. The maximum atomic E-state index is 11.3. The number of carbonyl (C=O) groups is 1. The molecule has 0 spiro atoms. The third-order valence-electron chi connectivity index (χ3n) is 3.95. The summed E-state index contributed by atoms with van der Waals surface area (Å²) in [6.07, 6.45) is 6.43. The van der Waals surface area contributed by atoms with Gasteiger partial charge in [-0.2, -0.15) is 0 Å². The van der Waals surface area contributed by atoms with Gasteiger partial charge in [-0.25, -0.2) is 0 Å². The molecule has 0 aliphatic heterocycles. The van der Waals surface area contributed by atoms with Crippen molar-refractivity contribution >= 4 is 6.29 Å². The predicted molar refractivity (Wildman–Crippen MR) is 104 cm³/mol. The maximum Gasteiger partial charge on any atom is 0.204 e. The Balaban J connectivity index is 2.38. The van der Waals surface area contributed by atoms with Gasteiger partial charge in [-0.3, -0.25) is 4.79 Å². The molecule has 0 N–H and O–H groups in total. The number of benzene rings is 2. The van der Waals surface area contributed by atoms with Gasteiger partial charge in [0, 0.05) is 5.56 Å². The number of hydrogen-bond donors (Lipinski definition) is 0. The molecular formula is C22H26O4. The number of carbonyl (C=O) groups excluding carboxylic acids is 1. The van der Waals surface area contributed by atoms with Crippen LogP contribution in [0, 0.1) is 0 Å². The Hall–Kier alpha value is -2.75. The molecule has 0 saturated heterocycles. The van der Waals surface area contributed by atoms with Crippen molar-refractivity contribution in [1.82, 2.24) is 0 Å². The summed E-state index contributed by atoms with van der Waals surface area (Å²) < 4.78 is 17.5. The number of aldehydes is 1. The van der Waals surface area contributed by atoms with Gasteiger partial charge in [-0.1, -0.05) is 44.0 Å². The van der Waals surface area contributed by atoms with Crippen LogP contribution < -0.4 is 14.2 Å². The van der Waals surface area contributed by atoms with E-state index in [0.717, 1.165) is 31.1 Å². The zero-order valence-electron chi connectivity index (χ0n) is 15.5. The fourth-order valence-corrected chi connectivity index (χ4v) is 2.61. The molecule has 0 bridgehead atoms. The highest BCUT2D eigenvalue weighted by atomic mass is 16.5. The number of para-hydroxylation sites is 1. The Labute approximate surface area is 155 Å². The quantitative estimate of drug-likeness (QED) is 0.299. The predicted octanol–water partition coefficient (Wildman–Crippen LogP) is 5.60. The van der Waals surface area contributed by atoms with Crippen LogP contribution in [0.1, 0.15) is 42.1 Å². The molecule has 2 aromatic rings. The van der Waals surface area contributed by atoms with Crippen molar-refractivity contribution in [3.63, 3.8) is 0 Å². The van der Waals surface area contributed by atoms with Gasteiger partial charge in [0.15, 0.2) is 11.5 Å². The van der Waals surface area contributed by atoms with Crippen molar-refractivity contribution in [2.45, 2.75) is 32.6 Å². The van der Waals surface area contributed by atoms with Gasteiger partial charge < -0.3 is 14.2 Å². The highest BCUT2D eigenvalue weighted by molar-refractivity contribution is 5.78. The van der Waals surface area contributed by atoms with Gasteiger partial charge in [-0.05, 0) is 36.6 Å². The van der Waals surface area contributed by atoms with Gasteiger partial charge in [0.25, 0.3) is 0 Å². The Bertz CT molecular complexity index is 737. The van der Waals surface area contributed by atoms with Gasteiger partial charge in [0.2, 0.25) is 5.75 Å². The fourth-order valence-electron chi connectivity index (χ4n) is 2.61. The second-order valence-corrected chi connectivity index (χ2v) is 5.93. The summed E-state index contributed by atoms with van der Waals surface area (Å²) in [6.45, 7) is 6.50. The van der Waals surface area contributed by atoms with E-state index < -0.39 is 0 Å². The molecule has 2 aromatic carbocycles. The lowest BCUT2D eigenvalue weighted by Crippen LogP contribution is -2.03. The molecule has 4 heteroatoms. The molecule has 0 aromatic heterocycles. The van der Waals surface area contributed by atoms with Gasteiger partial charge in [0.05, 0.1) is 13.7 Å². The van der Waals surface area contributed by atoms with E-state index in [1.807, 2.05) is 30.3 Å². The molecule has 0 aliphatic rings. The van der Waals surface area contributed by atoms with Crippen molar-refractivity contribution in [3.05, 3.63) is 60.2 Å². The molecule has 0 amide bonds. The summed E-state index contributed by atoms with van der Waals surface area (Å²) in [4.78, 5) is 11.3. The first-order chi connectivity index (χ1) is 12.7. The third-order valence-corrected chi connectivity index (χ3v) is 3.95. The number of rotatable bonds is 11. The van der Waals surface area contributed by atoms with Gasteiger partial charge >= 0.3 is 0 Å². The van der Waals surface area contributed by atoms with Crippen LogP contribution in [-0.2, 0) is 6.42 Å². The topological polar surface area (TPSA) is 44.8 Å². The van der Waals surface area contributed by atoms with Gasteiger partial charge in [-0.15, -0.1) is 6.58 Å². The second kappa shape index (κ2) is 10.3. The minimum absolute atomic E-state index is 0.471. The van der Waals surface area contributed by atoms with E-state index in [2.05, 4.69) is 13.5 Å². The lowest BCUT2D eigenvalue weighted by Gasteiger charge is -2.17. The number of unbranched alkanes of at least 4 members (excludes halogenated alkanes) is 2. The molecule has 0 aliphatic carbocycles. The summed E-state index contributed by atoms with van der Waals surface area (Å²) in [6, 6.07) is 11.1. The molecule has 0 fully saturated rings. The van der Waals surface area contributed by atoms with Crippen LogP contribution in [0.4, 0.5) is 0 Å². The Morgan fingerprint density at radius 3 is 2.54 bits per heavy atom. The summed E-state index contributed by atoms with van der Waals surface area (Å²) in [7, 11) is 1.55. The summed E-state index contributed by atoms with van der Waals surface area (Å²) in [5, 5.41) is 0. The average molecular weight is 354 g/mol. The van der Waals surface area contributed by atoms with Crippen LogP contribution >= 0.6 is 0 Å². The van der Waals surface area contributed by atoms with E-state index >= 15 is 0 Å². The first-order valence-electron chi connectivity index (χ1n) is 8.90. The highest BCUT2D eigenvalue weighted by Gasteiger charge is 2.16. The van der Waals surface area contributed by atoms with E-state index in [0.29, 0.717) is 41.6 Å². The van der Waals surface area contributed by atoms with Crippen LogP contribution in [-0.4, -0.2) is 20.0 Å². The molecule has 0 heterocycles. The molecule has 0 unspecified atom stereocenters. The molecular weight excluding hydrogens is 328 g/mol. The zero-order chi connectivity index (χ0) is 18.8. The molecule has 0 atom stereocenters. The Kier molecular flexibility index (Phi) is 7.75. The van der Waals surface area contributed by atoms with Gasteiger partial charge in [0.1, 0.15) is 12.0 Å². The van der Waals surface area contributed by atoms with Crippen LogP contribution in [0.2, 0.25) is 0 Å². The SMILES string of the molecule is C=CCc1ccccc1Oc1cc(C=O)cc(OC)c1OCCCCC. The van der Waals surface area contributed by atoms with E-state index in [4.69, 9.17) is 14.2 Å². The number of methoxy groups -OCH3 is 1. The first kappa shape index (κ1) is 19.6. The summed E-state index contributed by atoms with van der Waals surface area (Å²) in [5.41, 5.74) is 1.48. The Morgan fingerprint density at radius 2 is 1.85 bits per heavy atom. The summed E-state index contributed by atoms with van der Waals surface area (Å²) in [5.74, 6) is 2.18. The average Bonchev–Trinajstić information content (AvgIpc) is 2.67. The molecule has 2 rings (SSSR count). The maximum absolute atomic E-state index is 11.3. The summed E-state index contributed by atoms with van der Waals surface area (Å²) >= 11 is 0. The monoisotopic (exact) mass is 354 g/mol. The van der Waals surface area contributed by atoms with Crippen LogP contribution in [0.15, 0.2) is 49.1 Å². The van der Waals surface area contributed by atoms with E-state index in [1.54, 1.807) is 19.2 Å². The molecule has 138 valence electrons. The minimum Gasteiger partial charge on any atom is -0.493 e. The third kappa shape index (κ3) is 5.12. The lowest BCUT2D eigenvalue weighted by molar-refractivity contribution is 0.112. The highest BCUT2D eigenvalue weighted by Crippen LogP contribution is 2.41. The number of allylic oxidation sites excluding steroid dienone is 1. The van der Waals surface area contributed by atoms with Crippen LogP contribution in [0.5, 0.6) is 23.0 Å². The van der Waals surface area contributed by atoms with Crippen molar-refractivity contribution in [1.29, 1.82) is 0 Å². The normalized spacial score (nSPS) is 10.2. The molecule has 4 nitrogen and oxygen atoms in total. The Morgan fingerprint density at radius 1 is 1.08 bits per heavy atom.